The number of nitrogens with one attached hydrogen (secondary N) is 1. The van der Waals surface area contributed by atoms with Crippen LogP contribution in [0.4, 0.5) is 5.82 Å². The quantitative estimate of drug-likeness (QED) is 0.849. The van der Waals surface area contributed by atoms with E-state index in [0.717, 1.165) is 5.56 Å². The summed E-state index contributed by atoms with van der Waals surface area (Å²) in [6.07, 6.45) is 3.50. The molecular formula is C18H22N4O3S. The number of carbonyl (C=O) groups is 1. The Morgan fingerprint density at radius 3 is 2.54 bits per heavy atom. The van der Waals surface area contributed by atoms with Crippen LogP contribution in [0, 0.1) is 6.92 Å². The molecule has 1 fully saturated rings. The second-order valence-electron chi connectivity index (χ2n) is 6.60. The number of nitrogens with zero attached hydrogens (tertiary/aromatic N) is 3. The van der Waals surface area contributed by atoms with Crippen LogP contribution in [-0.4, -0.2) is 48.9 Å². The van der Waals surface area contributed by atoms with Gasteiger partial charge < -0.3 is 10.2 Å². The second-order valence-corrected chi connectivity index (χ2v) is 8.82. The van der Waals surface area contributed by atoms with Crippen LogP contribution < -0.4 is 10.2 Å². The molecule has 138 valence electrons. The number of carbonyl (C=O) groups excluding carboxylic acids is 1. The molecule has 1 atom stereocenters. The number of aryl methyl sites for hydroxylation is 1. The lowest BCUT2D eigenvalue weighted by Crippen LogP contribution is -2.33. The van der Waals surface area contributed by atoms with Gasteiger partial charge in [0.2, 0.25) is 0 Å². The highest BCUT2D eigenvalue weighted by Crippen LogP contribution is 2.20. The summed E-state index contributed by atoms with van der Waals surface area (Å²) in [6, 6.07) is 7.82. The van der Waals surface area contributed by atoms with E-state index in [2.05, 4.69) is 15.3 Å². The summed E-state index contributed by atoms with van der Waals surface area (Å²) in [6.45, 7) is 2.43. The van der Waals surface area contributed by atoms with E-state index >= 15 is 0 Å². The minimum Gasteiger partial charge on any atom is -0.354 e. The van der Waals surface area contributed by atoms with Crippen molar-refractivity contribution >= 4 is 21.6 Å². The van der Waals surface area contributed by atoms with E-state index in [-0.39, 0.29) is 29.1 Å². The fourth-order valence-corrected chi connectivity index (χ4v) is 4.64. The van der Waals surface area contributed by atoms with E-state index < -0.39 is 9.84 Å². The summed E-state index contributed by atoms with van der Waals surface area (Å²) >= 11 is 0. The minimum absolute atomic E-state index is 0.101. The van der Waals surface area contributed by atoms with Crippen LogP contribution in [0.15, 0.2) is 36.7 Å². The summed E-state index contributed by atoms with van der Waals surface area (Å²) in [4.78, 5) is 22.4. The Balaban J connectivity index is 1.59. The van der Waals surface area contributed by atoms with Gasteiger partial charge in [-0.05, 0) is 18.9 Å². The van der Waals surface area contributed by atoms with Gasteiger partial charge in [0, 0.05) is 19.6 Å². The van der Waals surface area contributed by atoms with Crippen molar-refractivity contribution in [2.45, 2.75) is 25.9 Å². The van der Waals surface area contributed by atoms with Crippen molar-refractivity contribution in [3.8, 4) is 0 Å². The Bertz CT molecular complexity index is 880. The first-order chi connectivity index (χ1) is 12.3. The molecule has 8 heteroatoms. The van der Waals surface area contributed by atoms with Gasteiger partial charge >= 0.3 is 0 Å². The van der Waals surface area contributed by atoms with Crippen LogP contribution in [-0.2, 0) is 16.4 Å². The maximum absolute atomic E-state index is 12.2. The zero-order valence-electron chi connectivity index (χ0n) is 14.8. The first-order valence-corrected chi connectivity index (χ1v) is 10.3. The smallest absolute Gasteiger partial charge is 0.271 e. The van der Waals surface area contributed by atoms with Gasteiger partial charge in [0.1, 0.15) is 11.5 Å². The largest absolute Gasteiger partial charge is 0.354 e. The van der Waals surface area contributed by atoms with Gasteiger partial charge in [-0.25, -0.2) is 18.4 Å². The third-order valence-corrected chi connectivity index (χ3v) is 6.31. The van der Waals surface area contributed by atoms with Crippen molar-refractivity contribution in [3.63, 3.8) is 0 Å². The van der Waals surface area contributed by atoms with Gasteiger partial charge in [-0.15, -0.1) is 0 Å². The Labute approximate surface area is 153 Å². The Morgan fingerprint density at radius 2 is 1.96 bits per heavy atom. The first-order valence-electron chi connectivity index (χ1n) is 8.43. The number of sulfone groups is 1. The lowest BCUT2D eigenvalue weighted by molar-refractivity contribution is 0.0945. The van der Waals surface area contributed by atoms with Gasteiger partial charge in [0.15, 0.2) is 9.84 Å². The summed E-state index contributed by atoms with van der Waals surface area (Å²) in [5.74, 6) is 0.594. The molecule has 3 rings (SSSR count). The number of benzene rings is 1. The third kappa shape index (κ3) is 4.37. The molecule has 7 nitrogen and oxygen atoms in total. The van der Waals surface area contributed by atoms with E-state index in [0.29, 0.717) is 18.8 Å². The maximum atomic E-state index is 12.2. The summed E-state index contributed by atoms with van der Waals surface area (Å²) < 4.78 is 23.2. The fraction of sp³-hybridized carbons (Fsp3) is 0.389. The van der Waals surface area contributed by atoms with Crippen molar-refractivity contribution in [1.82, 2.24) is 15.3 Å². The number of amides is 1. The van der Waals surface area contributed by atoms with Crippen LogP contribution in [0.2, 0.25) is 0 Å². The van der Waals surface area contributed by atoms with Crippen molar-refractivity contribution in [2.24, 2.45) is 0 Å². The summed E-state index contributed by atoms with van der Waals surface area (Å²) in [7, 11) is -1.16. The molecular weight excluding hydrogens is 352 g/mol. The van der Waals surface area contributed by atoms with Crippen molar-refractivity contribution < 1.29 is 13.2 Å². The molecule has 1 saturated heterocycles. The van der Waals surface area contributed by atoms with E-state index in [1.165, 1.54) is 18.0 Å². The monoisotopic (exact) mass is 374 g/mol. The van der Waals surface area contributed by atoms with Crippen LogP contribution in [0.1, 0.15) is 28.0 Å². The molecule has 0 aliphatic carbocycles. The number of hydrogen-bond donors (Lipinski definition) is 1. The maximum Gasteiger partial charge on any atom is 0.271 e. The van der Waals surface area contributed by atoms with E-state index in [1.807, 2.05) is 36.1 Å². The molecule has 1 amide bonds. The van der Waals surface area contributed by atoms with E-state index in [1.54, 1.807) is 7.05 Å². The number of anilines is 1. The van der Waals surface area contributed by atoms with Crippen molar-refractivity contribution in [3.05, 3.63) is 53.5 Å². The van der Waals surface area contributed by atoms with E-state index in [4.69, 9.17) is 0 Å². The lowest BCUT2D eigenvalue weighted by Gasteiger charge is -2.23. The number of hydrogen-bond acceptors (Lipinski definition) is 6. The number of rotatable bonds is 5. The van der Waals surface area contributed by atoms with Crippen LogP contribution in [0.3, 0.4) is 0 Å². The topological polar surface area (TPSA) is 92.3 Å². The first kappa shape index (κ1) is 18.3. The van der Waals surface area contributed by atoms with Gasteiger partial charge in [-0.2, -0.15) is 0 Å². The predicted octanol–water partition coefficient (Wildman–Crippen LogP) is 1.34. The molecule has 1 N–H and O–H groups in total. The molecule has 0 radical (unpaired) electrons. The average Bonchev–Trinajstić information content (AvgIpc) is 3.00. The van der Waals surface area contributed by atoms with Crippen LogP contribution >= 0.6 is 0 Å². The minimum atomic E-state index is -2.96. The normalized spacial score (nSPS) is 18.5. The molecule has 2 aromatic rings. The Hall–Kier alpha value is -2.48. The number of aromatic nitrogens is 2. The van der Waals surface area contributed by atoms with Gasteiger partial charge in [0.25, 0.3) is 5.91 Å². The van der Waals surface area contributed by atoms with Crippen molar-refractivity contribution in [2.75, 3.05) is 23.5 Å². The van der Waals surface area contributed by atoms with Gasteiger partial charge in [-0.3, -0.25) is 4.79 Å². The Kier molecular flexibility index (Phi) is 5.22. The average molecular weight is 374 g/mol. The predicted molar refractivity (Wildman–Crippen MR) is 99.8 cm³/mol. The second kappa shape index (κ2) is 7.41. The fourth-order valence-electron chi connectivity index (χ4n) is 2.87. The Morgan fingerprint density at radius 1 is 1.23 bits per heavy atom. The molecule has 1 aliphatic heterocycles. The molecule has 0 spiro atoms. The van der Waals surface area contributed by atoms with Gasteiger partial charge in [-0.1, -0.05) is 29.8 Å². The molecule has 26 heavy (non-hydrogen) atoms. The molecule has 1 aromatic carbocycles. The van der Waals surface area contributed by atoms with Gasteiger partial charge in [0.05, 0.1) is 23.9 Å². The highest BCUT2D eigenvalue weighted by atomic mass is 32.2. The SMILES string of the molecule is Cc1ccc(CNC(=O)c2cnc(N(C)C3CCS(=O)(=O)C3)cn2)cc1. The zero-order valence-corrected chi connectivity index (χ0v) is 15.7. The molecule has 1 aliphatic rings. The lowest BCUT2D eigenvalue weighted by atomic mass is 10.1. The van der Waals surface area contributed by atoms with Crippen LogP contribution in [0.5, 0.6) is 0 Å². The molecule has 1 aromatic heterocycles. The molecule has 1 unspecified atom stereocenters. The molecule has 2 heterocycles. The third-order valence-electron chi connectivity index (χ3n) is 4.56. The van der Waals surface area contributed by atoms with E-state index in [9.17, 15) is 13.2 Å². The highest BCUT2D eigenvalue weighted by Gasteiger charge is 2.31. The van der Waals surface area contributed by atoms with Crippen LogP contribution in [0.25, 0.3) is 0 Å². The highest BCUT2D eigenvalue weighted by molar-refractivity contribution is 7.91. The summed E-state index contributed by atoms with van der Waals surface area (Å²) in [5.41, 5.74) is 2.41. The van der Waals surface area contributed by atoms with Crippen molar-refractivity contribution in [1.29, 1.82) is 0 Å². The zero-order chi connectivity index (χ0) is 18.7. The molecule has 0 saturated carbocycles. The molecule has 0 bridgehead atoms. The standard InChI is InChI=1S/C18H22N4O3S/c1-13-3-5-14(6-4-13)9-21-18(23)16-10-20-17(11-19-16)22(2)15-7-8-26(24,25)12-15/h3-6,10-11,15H,7-9,12H2,1-2H3,(H,21,23). The summed E-state index contributed by atoms with van der Waals surface area (Å²) in [5, 5.41) is 2.81.